The van der Waals surface area contributed by atoms with Crippen molar-refractivity contribution in [2.24, 2.45) is 0 Å². The van der Waals surface area contributed by atoms with Crippen LogP contribution in [0.15, 0.2) is 31.2 Å². The highest BCUT2D eigenvalue weighted by atomic mass is 79.9. The van der Waals surface area contributed by atoms with E-state index in [1.807, 2.05) is 32.6 Å². The number of hydrogen-bond acceptors (Lipinski definition) is 13. The van der Waals surface area contributed by atoms with Crippen LogP contribution in [-0.4, -0.2) is 130 Å². The number of aromatic nitrogens is 8. The molecule has 0 spiro atoms. The van der Waals surface area contributed by atoms with Gasteiger partial charge < -0.3 is 43.9 Å². The first kappa shape index (κ1) is 51.6. The highest BCUT2D eigenvalue weighted by Gasteiger charge is 2.36. The molecular formula is C42H53Br2F4N13O7. The Morgan fingerprint density at radius 1 is 0.750 bits per heavy atom. The van der Waals surface area contributed by atoms with E-state index in [0.29, 0.717) is 80.1 Å². The Bertz CT molecular complexity index is 2830. The maximum Gasteiger partial charge on any atom is 0.419 e. The smallest absolute Gasteiger partial charge is 0.419 e. The van der Waals surface area contributed by atoms with Gasteiger partial charge in [0.2, 0.25) is 26.9 Å². The number of fused-ring (bicyclic) bond motifs is 2. The van der Waals surface area contributed by atoms with Gasteiger partial charge in [-0.3, -0.25) is 14.4 Å². The Hall–Kier alpha value is -5.79. The highest BCUT2D eigenvalue weighted by molar-refractivity contribution is 9.10. The number of benzene rings is 1. The number of hydrogen-bond donors (Lipinski definition) is 2. The van der Waals surface area contributed by atoms with Crippen molar-refractivity contribution in [1.82, 2.24) is 48.5 Å². The maximum atomic E-state index is 14.5. The van der Waals surface area contributed by atoms with Crippen LogP contribution in [0.3, 0.4) is 0 Å². The van der Waals surface area contributed by atoms with Crippen molar-refractivity contribution in [2.45, 2.75) is 99.1 Å². The molecule has 3 amide bonds. The number of anilines is 3. The third kappa shape index (κ3) is 11.5. The van der Waals surface area contributed by atoms with E-state index < -0.39 is 52.9 Å². The minimum Gasteiger partial charge on any atom is -0.444 e. The summed E-state index contributed by atoms with van der Waals surface area (Å²) in [5.41, 5.74) is -1.65. The average molecular weight is 1090 g/mol. The molecule has 0 atom stereocenters. The van der Waals surface area contributed by atoms with Gasteiger partial charge in [0, 0.05) is 69.3 Å². The Morgan fingerprint density at radius 2 is 1.25 bits per heavy atom. The molecule has 0 aliphatic carbocycles. The number of ether oxygens (including phenoxy) is 2. The molecule has 2 fully saturated rings. The van der Waals surface area contributed by atoms with Gasteiger partial charge in [0.05, 0.1) is 11.3 Å². The van der Waals surface area contributed by atoms with Gasteiger partial charge in [0.25, 0.3) is 11.1 Å². The average Bonchev–Trinajstić information content (AvgIpc) is 3.84. The van der Waals surface area contributed by atoms with Gasteiger partial charge in [0.15, 0.2) is 0 Å². The second-order valence-electron chi connectivity index (χ2n) is 17.9. The topological polar surface area (TPSA) is 210 Å². The Kier molecular flexibility index (Phi) is 15.2. The molecule has 0 radical (unpaired) electrons. The van der Waals surface area contributed by atoms with E-state index >= 15 is 0 Å². The number of carbonyl (C=O) groups is 3. The molecule has 20 nitrogen and oxygen atoms in total. The number of carbonyl (C=O) groups excluding carboxylic acids is 3. The Morgan fingerprint density at radius 3 is 1.75 bits per heavy atom. The minimum absolute atomic E-state index is 0.0605. The number of H-pyrrole nitrogens is 1. The van der Waals surface area contributed by atoms with Gasteiger partial charge in [-0.25, -0.2) is 14.0 Å². The van der Waals surface area contributed by atoms with Crippen LogP contribution in [-0.2, 0) is 39.8 Å². The van der Waals surface area contributed by atoms with Crippen molar-refractivity contribution in [3.8, 4) is 0 Å². The summed E-state index contributed by atoms with van der Waals surface area (Å²) >= 11 is 6.37. The van der Waals surface area contributed by atoms with E-state index in [2.05, 4.69) is 62.3 Å². The van der Waals surface area contributed by atoms with Crippen LogP contribution in [0.2, 0.25) is 0 Å². The summed E-state index contributed by atoms with van der Waals surface area (Å²) in [7, 11) is 0. The van der Waals surface area contributed by atoms with Gasteiger partial charge in [-0.15, -0.1) is 10.2 Å². The predicted molar refractivity (Wildman–Crippen MR) is 250 cm³/mol. The van der Waals surface area contributed by atoms with Crippen molar-refractivity contribution >= 4 is 78.6 Å². The number of alkyl halides is 3. The fourth-order valence-corrected chi connectivity index (χ4v) is 8.31. The number of aromatic amines is 1. The van der Waals surface area contributed by atoms with Crippen LogP contribution in [0, 0.1) is 12.7 Å². The van der Waals surface area contributed by atoms with E-state index in [1.165, 1.54) is 9.08 Å². The zero-order valence-corrected chi connectivity index (χ0v) is 42.1. The lowest BCUT2D eigenvalue weighted by atomic mass is 10.1. The van der Waals surface area contributed by atoms with E-state index in [-0.39, 0.29) is 52.2 Å². The van der Waals surface area contributed by atoms with Gasteiger partial charge >= 0.3 is 18.4 Å². The Balaban J connectivity index is 0.000000250. The lowest BCUT2D eigenvalue weighted by Gasteiger charge is -2.37. The van der Waals surface area contributed by atoms with Crippen molar-refractivity contribution in [1.29, 1.82) is 0 Å². The molecule has 0 unspecified atom stereocenters. The fraction of sp³-hybridized carbons (Fsp3) is 0.548. The molecule has 6 heterocycles. The molecule has 2 N–H and O–H groups in total. The summed E-state index contributed by atoms with van der Waals surface area (Å²) in [6, 6.07) is 1.56. The second-order valence-corrected chi connectivity index (χ2v) is 19.3. The van der Waals surface area contributed by atoms with Gasteiger partial charge in [-0.2, -0.15) is 32.2 Å². The molecule has 4 aromatic heterocycles. The molecule has 1 aromatic carbocycles. The Labute approximate surface area is 404 Å². The number of nitrogens with one attached hydrogen (secondary N) is 2. The maximum absolute atomic E-state index is 14.5. The lowest BCUT2D eigenvalue weighted by molar-refractivity contribution is -0.140. The number of halogens is 6. The third-order valence-electron chi connectivity index (χ3n) is 10.8. The summed E-state index contributed by atoms with van der Waals surface area (Å²) in [5.74, 6) is -1.69. The standard InChI is InChI=1S/C26H30BrF4N7O4.C16H23BrN6O3/c1-6-17-20(35-9-11-36(12-10-35)24(41)42-25(3,4)5)21(40)38-23(33-22(27)34-38)37(17)13-18(39)32-16-8-7-15(26(29,30)31)19(28)14(16)2;1-5-10-11(12(24)23-14(18-10)19-13(17)20-23)21-6-8-22(9-7-21)15(25)26-16(2,3)4/h7-8H,6,9-13H2,1-5H3,(H,32,39);5-9H2,1-4H3,(H,18,19,20). The summed E-state index contributed by atoms with van der Waals surface area (Å²) < 4.78 is 68.8. The number of nitrogens with zero attached hydrogens (tertiary/aromatic N) is 11. The van der Waals surface area contributed by atoms with Crippen LogP contribution in [0.5, 0.6) is 0 Å². The van der Waals surface area contributed by atoms with E-state index in [1.54, 1.807) is 42.4 Å². The molecular weight excluding hydrogens is 1030 g/mol. The molecule has 2 aliphatic heterocycles. The first-order valence-corrected chi connectivity index (χ1v) is 23.3. The van der Waals surface area contributed by atoms with Crippen LogP contribution in [0.4, 0.5) is 44.2 Å². The molecule has 68 heavy (non-hydrogen) atoms. The SMILES string of the molecule is CCc1[nH]c2nc(Br)nn2c(=O)c1N1CCN(C(=O)OC(C)(C)C)CC1.CCc1c(N2CCN(C(=O)OC(C)(C)C)CC2)c(=O)n2nc(Br)nc2n1CC(=O)Nc1ccc(C(F)(F)F)c(F)c1C. The number of rotatable bonds is 7. The first-order chi connectivity index (χ1) is 31.7. The summed E-state index contributed by atoms with van der Waals surface area (Å²) in [5, 5.41) is 10.7. The lowest BCUT2D eigenvalue weighted by Crippen LogP contribution is -2.51. The predicted octanol–water partition coefficient (Wildman–Crippen LogP) is 6.18. The largest absolute Gasteiger partial charge is 0.444 e. The molecule has 5 aromatic rings. The van der Waals surface area contributed by atoms with Crippen LogP contribution >= 0.6 is 31.9 Å². The molecule has 0 saturated carbocycles. The molecule has 0 bridgehead atoms. The number of aryl methyl sites for hydroxylation is 1. The summed E-state index contributed by atoms with van der Waals surface area (Å²) in [4.78, 5) is 83.0. The monoisotopic (exact) mass is 1090 g/mol. The van der Waals surface area contributed by atoms with Crippen molar-refractivity contribution in [3.63, 3.8) is 0 Å². The second kappa shape index (κ2) is 20.0. The summed E-state index contributed by atoms with van der Waals surface area (Å²) in [6.45, 7) is 18.7. The normalized spacial score (nSPS) is 14.9. The van der Waals surface area contributed by atoms with Crippen molar-refractivity contribution in [2.75, 3.05) is 67.5 Å². The number of piperazine rings is 2. The van der Waals surface area contributed by atoms with E-state index in [0.717, 1.165) is 23.2 Å². The molecule has 370 valence electrons. The van der Waals surface area contributed by atoms with Crippen LogP contribution < -0.4 is 26.2 Å². The zero-order chi connectivity index (χ0) is 50.2. The quantitative estimate of drug-likeness (QED) is 0.175. The van der Waals surface area contributed by atoms with Crippen LogP contribution in [0.1, 0.15) is 77.9 Å². The third-order valence-corrected chi connectivity index (χ3v) is 11.4. The minimum atomic E-state index is -4.88. The highest BCUT2D eigenvalue weighted by Crippen LogP contribution is 2.35. The van der Waals surface area contributed by atoms with E-state index in [9.17, 15) is 41.5 Å². The molecule has 7 rings (SSSR count). The van der Waals surface area contributed by atoms with Crippen molar-refractivity contribution in [3.05, 3.63) is 70.6 Å². The summed E-state index contributed by atoms with van der Waals surface area (Å²) in [6.07, 6.45) is -4.70. The van der Waals surface area contributed by atoms with Gasteiger partial charge in [-0.1, -0.05) is 13.8 Å². The van der Waals surface area contributed by atoms with Gasteiger partial charge in [-0.05, 0) is 105 Å². The molecule has 26 heteroatoms. The van der Waals surface area contributed by atoms with Crippen molar-refractivity contribution < 1.29 is 41.4 Å². The fourth-order valence-electron chi connectivity index (χ4n) is 7.67. The van der Waals surface area contributed by atoms with Gasteiger partial charge in [0.1, 0.15) is 34.9 Å². The van der Waals surface area contributed by atoms with Crippen LogP contribution in [0.25, 0.3) is 11.6 Å². The molecule has 2 saturated heterocycles. The van der Waals surface area contributed by atoms with E-state index in [4.69, 9.17) is 9.47 Å². The first-order valence-electron chi connectivity index (χ1n) is 21.7. The molecule has 2 aliphatic rings. The number of amides is 3. The zero-order valence-electron chi connectivity index (χ0n) is 39.0.